The molecule has 1 atom stereocenters. The quantitative estimate of drug-likeness (QED) is 0.398. The van der Waals surface area contributed by atoms with E-state index in [1.807, 2.05) is 35.8 Å². The minimum Gasteiger partial charge on any atom is -0.445 e. The average Bonchev–Trinajstić information content (AvgIpc) is 2.36. The molecule has 1 aromatic carbocycles. The van der Waals surface area contributed by atoms with E-state index in [1.165, 1.54) is 6.92 Å². The van der Waals surface area contributed by atoms with Crippen LogP contribution in [0.1, 0.15) is 12.5 Å². The van der Waals surface area contributed by atoms with E-state index < -0.39 is 18.0 Å². The molecule has 1 aromatic rings. The van der Waals surface area contributed by atoms with Crippen LogP contribution < -0.4 is 16.6 Å². The Bertz CT molecular complexity index is 381. The highest BCUT2D eigenvalue weighted by molar-refractivity contribution is 5.84. The van der Waals surface area contributed by atoms with Crippen molar-refractivity contribution in [3.05, 3.63) is 35.9 Å². The van der Waals surface area contributed by atoms with Gasteiger partial charge in [0.15, 0.2) is 0 Å². The van der Waals surface area contributed by atoms with Gasteiger partial charge in [-0.05, 0) is 12.5 Å². The number of hydrogen-bond acceptors (Lipinski definition) is 4. The van der Waals surface area contributed by atoms with Crippen LogP contribution in [0.4, 0.5) is 4.79 Å². The zero-order valence-electron chi connectivity index (χ0n) is 9.47. The van der Waals surface area contributed by atoms with E-state index in [1.54, 1.807) is 0 Å². The molecule has 2 amide bonds. The molecule has 0 aliphatic carbocycles. The number of amides is 2. The van der Waals surface area contributed by atoms with Crippen LogP contribution in [0.15, 0.2) is 30.3 Å². The van der Waals surface area contributed by atoms with Crippen molar-refractivity contribution in [2.24, 2.45) is 5.84 Å². The second kappa shape index (κ2) is 6.49. The van der Waals surface area contributed by atoms with Crippen molar-refractivity contribution in [1.29, 1.82) is 0 Å². The molecule has 0 fully saturated rings. The molecule has 0 heterocycles. The predicted octanol–water partition coefficient (Wildman–Crippen LogP) is 0.291. The number of rotatable bonds is 4. The van der Waals surface area contributed by atoms with E-state index in [0.29, 0.717) is 0 Å². The Balaban J connectivity index is 2.33. The Kier molecular flexibility index (Phi) is 4.96. The summed E-state index contributed by atoms with van der Waals surface area (Å²) in [6, 6.07) is 8.51. The summed E-state index contributed by atoms with van der Waals surface area (Å²) in [7, 11) is 0. The number of nitrogens with one attached hydrogen (secondary N) is 2. The van der Waals surface area contributed by atoms with Gasteiger partial charge in [0.2, 0.25) is 0 Å². The highest BCUT2D eigenvalue weighted by Crippen LogP contribution is 2.00. The lowest BCUT2D eigenvalue weighted by molar-refractivity contribution is -0.122. The smallest absolute Gasteiger partial charge is 0.408 e. The largest absolute Gasteiger partial charge is 0.445 e. The summed E-state index contributed by atoms with van der Waals surface area (Å²) < 4.78 is 4.92. The van der Waals surface area contributed by atoms with E-state index in [-0.39, 0.29) is 6.61 Å². The Labute approximate surface area is 99.1 Å². The highest BCUT2D eigenvalue weighted by atomic mass is 16.5. The van der Waals surface area contributed by atoms with Gasteiger partial charge in [0.25, 0.3) is 5.91 Å². The predicted molar refractivity (Wildman–Crippen MR) is 61.6 cm³/mol. The third kappa shape index (κ3) is 4.52. The second-order valence-corrected chi connectivity index (χ2v) is 3.44. The molecule has 92 valence electrons. The summed E-state index contributed by atoms with van der Waals surface area (Å²) >= 11 is 0. The number of benzene rings is 1. The molecule has 0 spiro atoms. The fourth-order valence-corrected chi connectivity index (χ4v) is 1.13. The fourth-order valence-electron chi connectivity index (χ4n) is 1.13. The Morgan fingerprint density at radius 3 is 2.59 bits per heavy atom. The second-order valence-electron chi connectivity index (χ2n) is 3.44. The van der Waals surface area contributed by atoms with Gasteiger partial charge in [0, 0.05) is 0 Å². The van der Waals surface area contributed by atoms with Crippen LogP contribution >= 0.6 is 0 Å². The molecule has 0 aliphatic heterocycles. The first-order chi connectivity index (χ1) is 8.13. The minimum atomic E-state index is -0.733. The number of carbonyl (C=O) groups is 2. The van der Waals surface area contributed by atoms with Crippen molar-refractivity contribution in [3.8, 4) is 0 Å². The zero-order chi connectivity index (χ0) is 12.7. The minimum absolute atomic E-state index is 0.156. The van der Waals surface area contributed by atoms with Gasteiger partial charge in [-0.25, -0.2) is 10.6 Å². The van der Waals surface area contributed by atoms with Gasteiger partial charge in [-0.3, -0.25) is 10.2 Å². The van der Waals surface area contributed by atoms with Crippen molar-refractivity contribution in [2.75, 3.05) is 0 Å². The number of nitrogens with two attached hydrogens (primary N) is 1. The van der Waals surface area contributed by atoms with Gasteiger partial charge in [0.1, 0.15) is 12.6 Å². The molecule has 17 heavy (non-hydrogen) atoms. The SMILES string of the molecule is C[C@H](NC(=O)OCc1ccccc1)C(=O)NN. The zero-order valence-corrected chi connectivity index (χ0v) is 9.47. The summed E-state index contributed by atoms with van der Waals surface area (Å²) in [6.07, 6.45) is -0.662. The van der Waals surface area contributed by atoms with Crippen molar-refractivity contribution >= 4 is 12.0 Å². The molecule has 0 radical (unpaired) electrons. The molecule has 0 aliphatic rings. The first kappa shape index (κ1) is 13.0. The van der Waals surface area contributed by atoms with E-state index in [4.69, 9.17) is 10.6 Å². The van der Waals surface area contributed by atoms with Crippen molar-refractivity contribution in [1.82, 2.24) is 10.7 Å². The Morgan fingerprint density at radius 2 is 2.00 bits per heavy atom. The summed E-state index contributed by atoms with van der Waals surface area (Å²) in [5, 5.41) is 2.35. The average molecular weight is 237 g/mol. The van der Waals surface area contributed by atoms with Gasteiger partial charge in [-0.2, -0.15) is 0 Å². The van der Waals surface area contributed by atoms with E-state index in [0.717, 1.165) is 5.56 Å². The molecule has 6 nitrogen and oxygen atoms in total. The van der Waals surface area contributed by atoms with Gasteiger partial charge in [-0.15, -0.1) is 0 Å². The van der Waals surface area contributed by atoms with Crippen LogP contribution in [0.25, 0.3) is 0 Å². The monoisotopic (exact) mass is 237 g/mol. The van der Waals surface area contributed by atoms with Gasteiger partial charge < -0.3 is 10.1 Å². The first-order valence-corrected chi connectivity index (χ1v) is 5.11. The van der Waals surface area contributed by atoms with Crippen molar-refractivity contribution in [2.45, 2.75) is 19.6 Å². The summed E-state index contributed by atoms with van der Waals surface area (Å²) in [5.41, 5.74) is 2.81. The molecule has 6 heteroatoms. The first-order valence-electron chi connectivity index (χ1n) is 5.11. The van der Waals surface area contributed by atoms with Gasteiger partial charge in [-0.1, -0.05) is 30.3 Å². The van der Waals surface area contributed by atoms with Crippen molar-refractivity contribution < 1.29 is 14.3 Å². The topological polar surface area (TPSA) is 93.4 Å². The summed E-state index contributed by atoms with van der Waals surface area (Å²) in [4.78, 5) is 22.3. The van der Waals surface area contributed by atoms with Crippen LogP contribution in [-0.4, -0.2) is 18.0 Å². The Hall–Kier alpha value is -2.08. The molecule has 0 saturated carbocycles. The highest BCUT2D eigenvalue weighted by Gasteiger charge is 2.14. The number of hydrazine groups is 1. The molecule has 4 N–H and O–H groups in total. The fraction of sp³-hybridized carbons (Fsp3) is 0.273. The standard InChI is InChI=1S/C11H15N3O3/c1-8(10(15)14-12)13-11(16)17-7-9-5-3-2-4-6-9/h2-6,8H,7,12H2,1H3,(H,13,16)(H,14,15)/t8-/m0/s1. The number of alkyl carbamates (subject to hydrolysis) is 1. The lowest BCUT2D eigenvalue weighted by atomic mass is 10.2. The molecule has 0 bridgehead atoms. The van der Waals surface area contributed by atoms with Crippen molar-refractivity contribution in [3.63, 3.8) is 0 Å². The molecular weight excluding hydrogens is 222 g/mol. The maximum atomic E-state index is 11.3. The molecule has 0 aromatic heterocycles. The summed E-state index contributed by atoms with van der Waals surface area (Å²) in [6.45, 7) is 1.66. The number of carbonyl (C=O) groups excluding carboxylic acids is 2. The van der Waals surface area contributed by atoms with Gasteiger partial charge >= 0.3 is 6.09 Å². The lowest BCUT2D eigenvalue weighted by Gasteiger charge is -2.12. The van der Waals surface area contributed by atoms with E-state index in [2.05, 4.69) is 5.32 Å². The molecule has 1 rings (SSSR count). The van der Waals surface area contributed by atoms with Crippen LogP contribution in [-0.2, 0) is 16.1 Å². The molecular formula is C11H15N3O3. The van der Waals surface area contributed by atoms with Crippen LogP contribution in [0.3, 0.4) is 0 Å². The van der Waals surface area contributed by atoms with E-state index >= 15 is 0 Å². The molecule has 0 unspecified atom stereocenters. The van der Waals surface area contributed by atoms with E-state index in [9.17, 15) is 9.59 Å². The molecule has 0 saturated heterocycles. The van der Waals surface area contributed by atoms with Crippen LogP contribution in [0.2, 0.25) is 0 Å². The third-order valence-electron chi connectivity index (χ3n) is 2.08. The maximum absolute atomic E-state index is 11.3. The lowest BCUT2D eigenvalue weighted by Crippen LogP contribution is -2.47. The number of ether oxygens (including phenoxy) is 1. The van der Waals surface area contributed by atoms with Gasteiger partial charge in [0.05, 0.1) is 0 Å². The normalized spacial score (nSPS) is 11.4. The van der Waals surface area contributed by atoms with Crippen LogP contribution in [0.5, 0.6) is 0 Å². The summed E-state index contributed by atoms with van der Waals surface area (Å²) in [5.74, 6) is 4.44. The Morgan fingerprint density at radius 1 is 1.35 bits per heavy atom. The maximum Gasteiger partial charge on any atom is 0.408 e. The third-order valence-corrected chi connectivity index (χ3v) is 2.08. The number of hydrogen-bond donors (Lipinski definition) is 3. The van der Waals surface area contributed by atoms with Crippen LogP contribution in [0, 0.1) is 0 Å².